The van der Waals surface area contributed by atoms with Crippen LogP contribution in [-0.2, 0) is 32.2 Å². The topological polar surface area (TPSA) is 140 Å². The molecule has 5 aromatic rings. The van der Waals surface area contributed by atoms with Crippen LogP contribution >= 0.6 is 11.8 Å². The Hall–Kier alpha value is -4.88. The molecule has 0 unspecified atom stereocenters. The number of hydrogen-bond acceptors (Lipinski definition) is 9. The number of thioether (sulfide) groups is 1. The molecular formula is C40H44N6O5S. The maximum Gasteiger partial charge on any atom is 0.220 e. The van der Waals surface area contributed by atoms with Crippen molar-refractivity contribution in [3.05, 3.63) is 125 Å². The Morgan fingerprint density at radius 3 is 2.42 bits per heavy atom. The summed E-state index contributed by atoms with van der Waals surface area (Å²) >= 11 is 1.54. The summed E-state index contributed by atoms with van der Waals surface area (Å²) in [5.41, 5.74) is 6.70. The average molecular weight is 721 g/mol. The van der Waals surface area contributed by atoms with Crippen molar-refractivity contribution in [3.63, 3.8) is 0 Å². The normalized spacial score (nSPS) is 17.1. The number of hydrogen-bond donors (Lipinski definition) is 3. The number of aromatic nitrogens is 4. The Kier molecular flexibility index (Phi) is 13.2. The molecular weight excluding hydrogens is 677 g/mol. The lowest BCUT2D eigenvalue weighted by Crippen LogP contribution is -2.31. The molecule has 3 N–H and O–H groups in total. The first-order valence-corrected chi connectivity index (χ1v) is 18.6. The third-order valence-electron chi connectivity index (χ3n) is 8.82. The fourth-order valence-electron chi connectivity index (χ4n) is 6.06. The third-order valence-corrected chi connectivity index (χ3v) is 9.87. The van der Waals surface area contributed by atoms with E-state index < -0.39 is 6.29 Å². The van der Waals surface area contributed by atoms with Crippen molar-refractivity contribution in [1.82, 2.24) is 30.8 Å². The zero-order valence-corrected chi connectivity index (χ0v) is 30.0. The Labute approximate surface area is 308 Å². The van der Waals surface area contributed by atoms with Crippen LogP contribution in [0.15, 0.2) is 108 Å². The van der Waals surface area contributed by atoms with Gasteiger partial charge in [-0.15, -0.1) is 5.10 Å². The van der Waals surface area contributed by atoms with Crippen LogP contribution in [0.2, 0.25) is 0 Å². The van der Waals surface area contributed by atoms with Gasteiger partial charge in [0, 0.05) is 44.2 Å². The molecule has 4 aromatic carbocycles. The molecule has 11 nitrogen and oxygen atoms in total. The Morgan fingerprint density at radius 1 is 0.846 bits per heavy atom. The van der Waals surface area contributed by atoms with Crippen molar-refractivity contribution in [3.8, 4) is 16.8 Å². The van der Waals surface area contributed by atoms with Gasteiger partial charge in [0.25, 0.3) is 0 Å². The number of amides is 2. The van der Waals surface area contributed by atoms with Gasteiger partial charge in [0.15, 0.2) is 6.29 Å². The molecule has 1 aliphatic heterocycles. The van der Waals surface area contributed by atoms with Gasteiger partial charge in [0.1, 0.15) is 0 Å². The standard InChI is InChI=1S/C40H44N6O5S/c1-28(48)41-21-7-3-6-16-38(49)42-25-30-10-8-11-32(22-30)33-12-9-13-34(23-33)39-50-36(24-37(51-39)31-19-17-29(26-47)18-20-31)27-52-40-43-44-45-46(40)35-14-4-2-5-15-35/h2,4-5,8-15,17-20,22-23,36-37,39,47H,3,6-7,16,21,24-27H2,1H3,(H,41,48)(H,42,49)/t36-,37+,39+/m0/s1. The molecule has 12 heteroatoms. The Morgan fingerprint density at radius 2 is 1.63 bits per heavy atom. The lowest BCUT2D eigenvalue weighted by molar-refractivity contribution is -0.245. The highest BCUT2D eigenvalue weighted by Gasteiger charge is 2.33. The second-order valence-corrected chi connectivity index (χ2v) is 13.8. The molecule has 0 bridgehead atoms. The molecule has 2 heterocycles. The van der Waals surface area contributed by atoms with Gasteiger partial charge in [-0.3, -0.25) is 9.59 Å². The zero-order valence-electron chi connectivity index (χ0n) is 29.2. The molecule has 2 amide bonds. The monoisotopic (exact) mass is 720 g/mol. The van der Waals surface area contributed by atoms with E-state index in [4.69, 9.17) is 9.47 Å². The average Bonchev–Trinajstić information content (AvgIpc) is 3.67. The Bertz CT molecular complexity index is 1900. The molecule has 1 aromatic heterocycles. The van der Waals surface area contributed by atoms with Gasteiger partial charge in [-0.2, -0.15) is 4.68 Å². The van der Waals surface area contributed by atoms with E-state index >= 15 is 0 Å². The van der Waals surface area contributed by atoms with E-state index in [1.807, 2.05) is 78.9 Å². The van der Waals surface area contributed by atoms with Crippen LogP contribution in [0.25, 0.3) is 16.8 Å². The van der Waals surface area contributed by atoms with Gasteiger partial charge in [0.2, 0.25) is 17.0 Å². The summed E-state index contributed by atoms with van der Waals surface area (Å²) in [4.78, 5) is 23.5. The lowest BCUT2D eigenvalue weighted by atomic mass is 9.99. The van der Waals surface area contributed by atoms with Crippen LogP contribution in [0.3, 0.4) is 0 Å². The molecule has 3 atom stereocenters. The molecule has 6 rings (SSSR count). The number of nitrogens with zero attached hydrogens (tertiary/aromatic N) is 4. The minimum atomic E-state index is -0.618. The minimum Gasteiger partial charge on any atom is -0.392 e. The maximum atomic E-state index is 12.5. The van der Waals surface area contributed by atoms with E-state index in [9.17, 15) is 14.7 Å². The van der Waals surface area contributed by atoms with Crippen LogP contribution in [0.4, 0.5) is 0 Å². The number of nitrogens with one attached hydrogen (secondary N) is 2. The van der Waals surface area contributed by atoms with Gasteiger partial charge in [-0.05, 0) is 75.4 Å². The van der Waals surface area contributed by atoms with Crippen molar-refractivity contribution in [2.24, 2.45) is 0 Å². The SMILES string of the molecule is CC(=O)NCCCCCC(=O)NCc1cccc(-c2cccc([C@@H]3O[C@H](CSc4nnnn4-c4ccccc4)C[C@H](c4ccc(CO)cc4)O3)c2)c1. The quantitative estimate of drug-likeness (QED) is 0.0773. The van der Waals surface area contributed by atoms with E-state index in [0.717, 1.165) is 58.3 Å². The first-order valence-electron chi connectivity index (χ1n) is 17.6. The van der Waals surface area contributed by atoms with Gasteiger partial charge in [0.05, 0.1) is 24.5 Å². The van der Waals surface area contributed by atoms with E-state index in [0.29, 0.717) is 36.8 Å². The molecule has 52 heavy (non-hydrogen) atoms. The van der Waals surface area contributed by atoms with Crippen LogP contribution in [0.5, 0.6) is 0 Å². The van der Waals surface area contributed by atoms with Crippen molar-refractivity contribution in [1.29, 1.82) is 0 Å². The van der Waals surface area contributed by atoms with Crippen molar-refractivity contribution in [2.75, 3.05) is 12.3 Å². The molecule has 0 aliphatic carbocycles. The first-order chi connectivity index (χ1) is 25.4. The summed E-state index contributed by atoms with van der Waals surface area (Å²) in [5, 5.41) is 28.5. The number of para-hydroxylation sites is 1. The minimum absolute atomic E-state index is 0.0170. The van der Waals surface area contributed by atoms with Crippen LogP contribution in [-0.4, -0.2) is 55.5 Å². The van der Waals surface area contributed by atoms with E-state index in [2.05, 4.69) is 50.4 Å². The number of rotatable bonds is 16. The van der Waals surface area contributed by atoms with Gasteiger partial charge >= 0.3 is 0 Å². The molecule has 0 radical (unpaired) electrons. The first kappa shape index (κ1) is 36.9. The van der Waals surface area contributed by atoms with Crippen molar-refractivity contribution >= 4 is 23.6 Å². The molecule has 270 valence electrons. The molecule has 0 spiro atoms. The fourth-order valence-corrected chi connectivity index (χ4v) is 6.96. The number of carbonyl (C=O) groups excluding carboxylic acids is 2. The highest BCUT2D eigenvalue weighted by molar-refractivity contribution is 7.99. The predicted molar refractivity (Wildman–Crippen MR) is 199 cm³/mol. The Balaban J connectivity index is 1.12. The molecule has 0 saturated carbocycles. The van der Waals surface area contributed by atoms with E-state index in [1.54, 1.807) is 16.4 Å². The number of tetrazole rings is 1. The smallest absolute Gasteiger partial charge is 0.220 e. The van der Waals surface area contributed by atoms with E-state index in [-0.39, 0.29) is 30.6 Å². The largest absolute Gasteiger partial charge is 0.392 e. The molecule has 1 fully saturated rings. The summed E-state index contributed by atoms with van der Waals surface area (Å²) in [6.45, 7) is 2.57. The third kappa shape index (κ3) is 10.3. The number of unbranched alkanes of at least 4 members (excludes halogenated alkanes) is 2. The summed E-state index contributed by atoms with van der Waals surface area (Å²) < 4.78 is 15.0. The molecule has 1 saturated heterocycles. The summed E-state index contributed by atoms with van der Waals surface area (Å²) in [7, 11) is 0. The summed E-state index contributed by atoms with van der Waals surface area (Å²) in [6.07, 6.45) is 2.61. The number of aliphatic hydroxyl groups excluding tert-OH is 1. The number of carbonyl (C=O) groups is 2. The maximum absolute atomic E-state index is 12.5. The molecule has 1 aliphatic rings. The van der Waals surface area contributed by atoms with Crippen LogP contribution in [0.1, 0.15) is 73.7 Å². The summed E-state index contributed by atoms with van der Waals surface area (Å²) in [6, 6.07) is 34.0. The second-order valence-electron chi connectivity index (χ2n) is 12.8. The number of benzene rings is 4. The predicted octanol–water partition coefficient (Wildman–Crippen LogP) is 6.47. The second kappa shape index (κ2) is 18.6. The lowest BCUT2D eigenvalue weighted by Gasteiger charge is -2.36. The van der Waals surface area contributed by atoms with Crippen LogP contribution in [0, 0.1) is 0 Å². The van der Waals surface area contributed by atoms with Gasteiger partial charge in [-0.25, -0.2) is 0 Å². The van der Waals surface area contributed by atoms with Gasteiger partial charge < -0.3 is 25.2 Å². The number of aliphatic hydroxyl groups is 1. The number of ether oxygens (including phenoxy) is 2. The zero-order chi connectivity index (χ0) is 36.1. The highest BCUT2D eigenvalue weighted by Crippen LogP contribution is 2.40. The fraction of sp³-hybridized carbons (Fsp3) is 0.325. The van der Waals surface area contributed by atoms with Crippen molar-refractivity contribution in [2.45, 2.75) is 75.8 Å². The van der Waals surface area contributed by atoms with Gasteiger partial charge in [-0.1, -0.05) is 97.0 Å². The summed E-state index contributed by atoms with van der Waals surface area (Å²) in [5.74, 6) is 0.600. The highest BCUT2D eigenvalue weighted by atomic mass is 32.2. The van der Waals surface area contributed by atoms with Crippen molar-refractivity contribution < 1.29 is 24.2 Å². The van der Waals surface area contributed by atoms with E-state index in [1.165, 1.54) is 6.92 Å². The van der Waals surface area contributed by atoms with Crippen LogP contribution < -0.4 is 10.6 Å².